The van der Waals surface area contributed by atoms with Crippen LogP contribution < -0.4 is 25.4 Å². The number of rotatable bonds is 10. The molecule has 33 heavy (non-hydrogen) atoms. The molecule has 10 nitrogen and oxygen atoms in total. The minimum absolute atomic E-state index is 0.105. The van der Waals surface area contributed by atoms with Crippen molar-refractivity contribution in [1.29, 1.82) is 0 Å². The fraction of sp³-hybridized carbons (Fsp3) is 0.391. The van der Waals surface area contributed by atoms with E-state index in [0.29, 0.717) is 17.2 Å². The first-order valence-electron chi connectivity index (χ1n) is 10.7. The maximum absolute atomic E-state index is 13.0. The molecule has 0 heterocycles. The van der Waals surface area contributed by atoms with Crippen LogP contribution in [0.1, 0.15) is 41.6 Å². The molecule has 0 unspecified atom stereocenters. The normalized spacial score (nSPS) is 17.5. The monoisotopic (exact) mass is 456 g/mol. The number of ether oxygens (including phenoxy) is 2. The highest BCUT2D eigenvalue weighted by molar-refractivity contribution is 6.00. The van der Waals surface area contributed by atoms with Gasteiger partial charge in [-0.05, 0) is 49.4 Å². The zero-order valence-electron chi connectivity index (χ0n) is 18.6. The average Bonchev–Trinajstić information content (AvgIpc) is 2.83. The number of methoxy groups -OCH3 is 2. The van der Waals surface area contributed by atoms with Gasteiger partial charge in [-0.15, -0.1) is 0 Å². The van der Waals surface area contributed by atoms with E-state index in [-0.39, 0.29) is 29.9 Å². The summed E-state index contributed by atoms with van der Waals surface area (Å²) in [6, 6.07) is 9.81. The summed E-state index contributed by atoms with van der Waals surface area (Å²) in [6.07, 6.45) is 3.99. The summed E-state index contributed by atoms with van der Waals surface area (Å²) < 4.78 is 10.5. The lowest BCUT2D eigenvalue weighted by Gasteiger charge is -2.29. The summed E-state index contributed by atoms with van der Waals surface area (Å²) in [4.78, 5) is 34.4. The molecule has 0 aromatic heterocycles. The van der Waals surface area contributed by atoms with Crippen molar-refractivity contribution in [2.24, 2.45) is 0 Å². The van der Waals surface area contributed by atoms with Crippen LogP contribution in [0.25, 0.3) is 0 Å². The Hall–Kier alpha value is -3.82. The minimum Gasteiger partial charge on any atom is -0.493 e. The number of benzene rings is 2. The number of amides is 2. The van der Waals surface area contributed by atoms with Gasteiger partial charge in [0.2, 0.25) is 6.41 Å². The van der Waals surface area contributed by atoms with E-state index in [2.05, 4.69) is 16.0 Å². The second-order valence-corrected chi connectivity index (χ2v) is 7.84. The standard InChI is InChI=1S/C23H28N4O6/c1-32-21-10-3-15(11-22(21)33-2)13-24-23(29)19-12-18(27(30)31)8-9-20(19)26-17-6-4-16(5-7-17)25-14-28/h3,8-12,14,16-17,26H,4-7,13H2,1-2H3,(H,24,29)(H,25,28)/t16-,17-. The first-order valence-corrected chi connectivity index (χ1v) is 10.7. The Bertz CT molecular complexity index is 1000. The van der Waals surface area contributed by atoms with Crippen LogP contribution in [-0.4, -0.2) is 43.5 Å². The number of hydrogen-bond donors (Lipinski definition) is 3. The van der Waals surface area contributed by atoms with Gasteiger partial charge >= 0.3 is 0 Å². The van der Waals surface area contributed by atoms with Gasteiger partial charge in [-0.2, -0.15) is 0 Å². The number of nitro groups is 1. The molecule has 1 saturated carbocycles. The summed E-state index contributed by atoms with van der Waals surface area (Å²) in [7, 11) is 3.07. The number of nitro benzene ring substituents is 1. The first-order chi connectivity index (χ1) is 15.9. The molecular formula is C23H28N4O6. The molecular weight excluding hydrogens is 428 g/mol. The number of carbonyl (C=O) groups is 2. The summed E-state index contributed by atoms with van der Waals surface area (Å²) in [5, 5.41) is 20.3. The Morgan fingerprint density at radius 2 is 1.76 bits per heavy atom. The smallest absolute Gasteiger partial charge is 0.270 e. The van der Waals surface area contributed by atoms with E-state index < -0.39 is 10.8 Å². The van der Waals surface area contributed by atoms with Crippen molar-refractivity contribution < 1.29 is 24.0 Å². The van der Waals surface area contributed by atoms with E-state index in [1.54, 1.807) is 31.4 Å². The molecule has 0 bridgehead atoms. The SMILES string of the molecule is COc1ccc(CNC(=O)c2cc([N+](=O)[O-])ccc2N[C@H]2CC[C@H](NC=O)CC2)cc1OC. The summed E-state index contributed by atoms with van der Waals surface area (Å²) in [6.45, 7) is 0.212. The Kier molecular flexibility index (Phi) is 8.06. The second-order valence-electron chi connectivity index (χ2n) is 7.84. The van der Waals surface area contributed by atoms with Crippen molar-refractivity contribution in [3.05, 3.63) is 57.6 Å². The third-order valence-electron chi connectivity index (χ3n) is 5.75. The molecule has 2 amide bonds. The van der Waals surface area contributed by atoms with Crippen LogP contribution in [-0.2, 0) is 11.3 Å². The van der Waals surface area contributed by atoms with Gasteiger partial charge in [0, 0.05) is 36.4 Å². The first kappa shape index (κ1) is 23.8. The van der Waals surface area contributed by atoms with Gasteiger partial charge in [-0.3, -0.25) is 19.7 Å². The largest absolute Gasteiger partial charge is 0.493 e. The van der Waals surface area contributed by atoms with E-state index in [4.69, 9.17) is 9.47 Å². The van der Waals surface area contributed by atoms with Gasteiger partial charge in [-0.25, -0.2) is 0 Å². The maximum atomic E-state index is 13.0. The topological polar surface area (TPSA) is 132 Å². The molecule has 2 aromatic rings. The van der Waals surface area contributed by atoms with Crippen LogP contribution in [0.5, 0.6) is 11.5 Å². The number of nitrogens with one attached hydrogen (secondary N) is 3. The number of non-ortho nitro benzene ring substituents is 1. The fourth-order valence-corrected chi connectivity index (χ4v) is 3.95. The van der Waals surface area contributed by atoms with E-state index in [9.17, 15) is 19.7 Å². The number of hydrogen-bond acceptors (Lipinski definition) is 7. The zero-order valence-corrected chi connectivity index (χ0v) is 18.6. The average molecular weight is 456 g/mol. The van der Waals surface area contributed by atoms with Crippen LogP contribution in [0.2, 0.25) is 0 Å². The molecule has 10 heteroatoms. The Labute approximate surface area is 191 Å². The molecule has 176 valence electrons. The Morgan fingerprint density at radius 1 is 1.06 bits per heavy atom. The van der Waals surface area contributed by atoms with E-state index in [1.165, 1.54) is 19.2 Å². The fourth-order valence-electron chi connectivity index (χ4n) is 3.95. The third kappa shape index (κ3) is 6.12. The van der Waals surface area contributed by atoms with Crippen molar-refractivity contribution in [3.8, 4) is 11.5 Å². The Morgan fingerprint density at radius 3 is 2.39 bits per heavy atom. The molecule has 0 atom stereocenters. The van der Waals surface area contributed by atoms with E-state index in [1.807, 2.05) is 0 Å². The van der Waals surface area contributed by atoms with Crippen molar-refractivity contribution in [2.45, 2.75) is 44.3 Å². The van der Waals surface area contributed by atoms with Gasteiger partial charge in [0.15, 0.2) is 11.5 Å². The lowest BCUT2D eigenvalue weighted by molar-refractivity contribution is -0.384. The molecule has 1 fully saturated rings. The molecule has 3 rings (SSSR count). The van der Waals surface area contributed by atoms with Gasteiger partial charge < -0.3 is 25.4 Å². The van der Waals surface area contributed by atoms with Crippen LogP contribution >= 0.6 is 0 Å². The van der Waals surface area contributed by atoms with Crippen LogP contribution in [0.15, 0.2) is 36.4 Å². The van der Waals surface area contributed by atoms with Gasteiger partial charge in [0.25, 0.3) is 11.6 Å². The molecule has 1 aliphatic carbocycles. The third-order valence-corrected chi connectivity index (χ3v) is 5.75. The maximum Gasteiger partial charge on any atom is 0.270 e. The lowest BCUT2D eigenvalue weighted by atomic mass is 9.91. The molecule has 1 aliphatic rings. The number of carbonyl (C=O) groups excluding carboxylic acids is 2. The molecule has 2 aromatic carbocycles. The highest BCUT2D eigenvalue weighted by atomic mass is 16.6. The Balaban J connectivity index is 1.73. The van der Waals surface area contributed by atoms with Crippen LogP contribution in [0, 0.1) is 10.1 Å². The summed E-state index contributed by atoms with van der Waals surface area (Å²) in [5.74, 6) is 0.699. The highest BCUT2D eigenvalue weighted by Gasteiger charge is 2.23. The minimum atomic E-state index is -0.523. The van der Waals surface area contributed by atoms with Crippen molar-refractivity contribution >= 4 is 23.7 Å². The van der Waals surface area contributed by atoms with Crippen molar-refractivity contribution in [3.63, 3.8) is 0 Å². The molecule has 3 N–H and O–H groups in total. The van der Waals surface area contributed by atoms with Crippen LogP contribution in [0.3, 0.4) is 0 Å². The lowest BCUT2D eigenvalue weighted by Crippen LogP contribution is -2.36. The number of anilines is 1. The molecule has 0 saturated heterocycles. The van der Waals surface area contributed by atoms with Gasteiger partial charge in [-0.1, -0.05) is 6.07 Å². The molecule has 0 spiro atoms. The highest BCUT2D eigenvalue weighted by Crippen LogP contribution is 2.29. The second kappa shape index (κ2) is 11.2. The number of nitrogens with zero attached hydrogens (tertiary/aromatic N) is 1. The zero-order chi connectivity index (χ0) is 23.8. The quantitative estimate of drug-likeness (QED) is 0.284. The van der Waals surface area contributed by atoms with Crippen molar-refractivity contribution in [1.82, 2.24) is 10.6 Å². The summed E-state index contributed by atoms with van der Waals surface area (Å²) in [5.41, 5.74) is 1.38. The van der Waals surface area contributed by atoms with E-state index >= 15 is 0 Å². The predicted octanol–water partition coefficient (Wildman–Crippen LogP) is 3.01. The van der Waals surface area contributed by atoms with E-state index in [0.717, 1.165) is 37.7 Å². The molecule has 0 aliphatic heterocycles. The molecule has 0 radical (unpaired) electrons. The van der Waals surface area contributed by atoms with Gasteiger partial charge in [0.05, 0.1) is 24.7 Å². The predicted molar refractivity (Wildman–Crippen MR) is 123 cm³/mol. The van der Waals surface area contributed by atoms with Crippen LogP contribution in [0.4, 0.5) is 11.4 Å². The van der Waals surface area contributed by atoms with Crippen molar-refractivity contribution in [2.75, 3.05) is 19.5 Å². The summed E-state index contributed by atoms with van der Waals surface area (Å²) >= 11 is 0. The van der Waals surface area contributed by atoms with Gasteiger partial charge in [0.1, 0.15) is 0 Å².